The van der Waals surface area contributed by atoms with E-state index in [1.807, 2.05) is 31.2 Å². The first-order valence-electron chi connectivity index (χ1n) is 4.21. The molecule has 0 aliphatic heterocycles. The second kappa shape index (κ2) is 4.42. The normalized spacial score (nSPS) is 9.23. The number of Topliss-reactive ketones (excluding diaryl/α,β-unsaturated/α-hetero) is 1. The van der Waals surface area contributed by atoms with E-state index < -0.39 is 0 Å². The van der Waals surface area contributed by atoms with Gasteiger partial charge in [-0.15, -0.1) is 0 Å². The van der Waals surface area contributed by atoms with Crippen molar-refractivity contribution < 1.29 is 4.79 Å². The van der Waals surface area contributed by atoms with Crippen molar-refractivity contribution in [3.05, 3.63) is 35.4 Å². The molecule has 0 aliphatic carbocycles. The van der Waals surface area contributed by atoms with Gasteiger partial charge in [-0.25, -0.2) is 0 Å². The zero-order valence-electron chi connectivity index (χ0n) is 7.58. The third kappa shape index (κ3) is 2.72. The van der Waals surface area contributed by atoms with Crippen molar-refractivity contribution in [2.24, 2.45) is 0 Å². The molecular weight excluding hydrogens is 162 g/mol. The van der Waals surface area contributed by atoms with Crippen LogP contribution in [0.4, 0.5) is 0 Å². The van der Waals surface area contributed by atoms with E-state index in [1.165, 1.54) is 0 Å². The fraction of sp³-hybridized carbons (Fsp3) is 0.273. The maximum absolute atomic E-state index is 11.4. The lowest BCUT2D eigenvalue weighted by molar-refractivity contribution is 0.0984. The highest BCUT2D eigenvalue weighted by Gasteiger charge is 2.04. The van der Waals surface area contributed by atoms with Gasteiger partial charge in [-0.2, -0.15) is 5.26 Å². The SMILES string of the molecule is Cc1cccc(C(=O)CCC#N)c1. The van der Waals surface area contributed by atoms with Gasteiger partial charge in [0.15, 0.2) is 5.78 Å². The lowest BCUT2D eigenvalue weighted by Gasteiger charge is -1.98. The standard InChI is InChI=1S/C11H11NO/c1-9-4-2-5-10(8-9)11(13)6-3-7-12/h2,4-5,8H,3,6H2,1H3. The van der Waals surface area contributed by atoms with Gasteiger partial charge in [-0.3, -0.25) is 4.79 Å². The Balaban J connectivity index is 2.72. The van der Waals surface area contributed by atoms with Crippen molar-refractivity contribution in [3.63, 3.8) is 0 Å². The number of hydrogen-bond donors (Lipinski definition) is 0. The van der Waals surface area contributed by atoms with Crippen LogP contribution in [-0.4, -0.2) is 5.78 Å². The van der Waals surface area contributed by atoms with E-state index in [0.717, 1.165) is 5.56 Å². The Morgan fingerprint density at radius 1 is 1.54 bits per heavy atom. The molecule has 0 heterocycles. The number of aryl methyl sites for hydroxylation is 1. The molecule has 0 fully saturated rings. The Kier molecular flexibility index (Phi) is 3.22. The minimum atomic E-state index is 0.0465. The van der Waals surface area contributed by atoms with Crippen LogP contribution in [0, 0.1) is 18.3 Å². The number of hydrogen-bond acceptors (Lipinski definition) is 2. The predicted molar refractivity (Wildman–Crippen MR) is 50.4 cm³/mol. The molecule has 0 bridgehead atoms. The quantitative estimate of drug-likeness (QED) is 0.659. The Labute approximate surface area is 77.8 Å². The van der Waals surface area contributed by atoms with Crippen molar-refractivity contribution in [2.75, 3.05) is 0 Å². The van der Waals surface area contributed by atoms with E-state index >= 15 is 0 Å². The molecule has 2 nitrogen and oxygen atoms in total. The summed E-state index contributed by atoms with van der Waals surface area (Å²) in [6.07, 6.45) is 0.618. The summed E-state index contributed by atoms with van der Waals surface area (Å²) in [5, 5.41) is 8.31. The van der Waals surface area contributed by atoms with Gasteiger partial charge in [-0.05, 0) is 13.0 Å². The van der Waals surface area contributed by atoms with E-state index in [0.29, 0.717) is 18.4 Å². The number of nitrogens with zero attached hydrogens (tertiary/aromatic N) is 1. The van der Waals surface area contributed by atoms with E-state index in [2.05, 4.69) is 0 Å². The maximum Gasteiger partial charge on any atom is 0.163 e. The van der Waals surface area contributed by atoms with Crippen LogP contribution in [0.1, 0.15) is 28.8 Å². The molecule has 0 atom stereocenters. The molecule has 1 rings (SSSR count). The smallest absolute Gasteiger partial charge is 0.163 e. The number of carbonyl (C=O) groups is 1. The Morgan fingerprint density at radius 2 is 2.31 bits per heavy atom. The summed E-state index contributed by atoms with van der Waals surface area (Å²) in [5.41, 5.74) is 1.78. The Bertz CT molecular complexity index is 349. The van der Waals surface area contributed by atoms with Gasteiger partial charge >= 0.3 is 0 Å². The van der Waals surface area contributed by atoms with Gasteiger partial charge in [0.1, 0.15) is 0 Å². The van der Waals surface area contributed by atoms with E-state index in [4.69, 9.17) is 5.26 Å². The number of rotatable bonds is 3. The Morgan fingerprint density at radius 3 is 2.92 bits per heavy atom. The van der Waals surface area contributed by atoms with E-state index in [-0.39, 0.29) is 5.78 Å². The van der Waals surface area contributed by atoms with Crippen LogP contribution in [0.3, 0.4) is 0 Å². The van der Waals surface area contributed by atoms with Crippen LogP contribution in [0.15, 0.2) is 24.3 Å². The minimum absolute atomic E-state index is 0.0465. The van der Waals surface area contributed by atoms with Crippen LogP contribution in [0.25, 0.3) is 0 Å². The predicted octanol–water partition coefficient (Wildman–Crippen LogP) is 2.48. The molecular formula is C11H11NO. The molecule has 1 aromatic carbocycles. The van der Waals surface area contributed by atoms with Gasteiger partial charge in [-0.1, -0.05) is 23.8 Å². The van der Waals surface area contributed by atoms with Crippen molar-refractivity contribution in [3.8, 4) is 6.07 Å². The first-order valence-corrected chi connectivity index (χ1v) is 4.21. The molecule has 0 saturated carbocycles. The fourth-order valence-corrected chi connectivity index (χ4v) is 1.13. The van der Waals surface area contributed by atoms with Crippen LogP contribution >= 0.6 is 0 Å². The lowest BCUT2D eigenvalue weighted by Crippen LogP contribution is -1.98. The fourth-order valence-electron chi connectivity index (χ4n) is 1.13. The largest absolute Gasteiger partial charge is 0.294 e. The highest BCUT2D eigenvalue weighted by atomic mass is 16.1. The summed E-state index contributed by atoms with van der Waals surface area (Å²) < 4.78 is 0. The molecule has 0 amide bonds. The van der Waals surface area contributed by atoms with Crippen LogP contribution in [0.2, 0.25) is 0 Å². The molecule has 0 unspecified atom stereocenters. The van der Waals surface area contributed by atoms with Gasteiger partial charge < -0.3 is 0 Å². The summed E-state index contributed by atoms with van der Waals surface area (Å²) in [5.74, 6) is 0.0465. The van der Waals surface area contributed by atoms with Crippen LogP contribution in [-0.2, 0) is 0 Å². The minimum Gasteiger partial charge on any atom is -0.294 e. The molecule has 1 aromatic rings. The van der Waals surface area contributed by atoms with Crippen LogP contribution in [0.5, 0.6) is 0 Å². The van der Waals surface area contributed by atoms with Crippen molar-refractivity contribution in [1.29, 1.82) is 5.26 Å². The molecule has 0 N–H and O–H groups in total. The van der Waals surface area contributed by atoms with Gasteiger partial charge in [0.25, 0.3) is 0 Å². The zero-order chi connectivity index (χ0) is 9.68. The third-order valence-electron chi connectivity index (χ3n) is 1.80. The molecule has 0 aliphatic rings. The summed E-state index contributed by atoms with van der Waals surface area (Å²) in [4.78, 5) is 11.4. The number of ketones is 1. The molecule has 66 valence electrons. The van der Waals surface area contributed by atoms with E-state index in [9.17, 15) is 4.79 Å². The molecule has 2 heteroatoms. The summed E-state index contributed by atoms with van der Waals surface area (Å²) in [6.45, 7) is 1.95. The first-order chi connectivity index (χ1) is 6.24. The Hall–Kier alpha value is -1.62. The maximum atomic E-state index is 11.4. The van der Waals surface area contributed by atoms with E-state index in [1.54, 1.807) is 6.07 Å². The van der Waals surface area contributed by atoms with Gasteiger partial charge in [0, 0.05) is 18.4 Å². The van der Waals surface area contributed by atoms with Crippen molar-refractivity contribution >= 4 is 5.78 Å². The lowest BCUT2D eigenvalue weighted by atomic mass is 10.1. The van der Waals surface area contributed by atoms with Crippen molar-refractivity contribution in [1.82, 2.24) is 0 Å². The number of nitriles is 1. The highest BCUT2D eigenvalue weighted by molar-refractivity contribution is 5.96. The highest BCUT2D eigenvalue weighted by Crippen LogP contribution is 2.07. The topological polar surface area (TPSA) is 40.9 Å². The monoisotopic (exact) mass is 173 g/mol. The molecule has 0 saturated heterocycles. The average molecular weight is 173 g/mol. The zero-order valence-corrected chi connectivity index (χ0v) is 7.58. The molecule has 0 aromatic heterocycles. The van der Waals surface area contributed by atoms with Gasteiger partial charge in [0.2, 0.25) is 0 Å². The third-order valence-corrected chi connectivity index (χ3v) is 1.80. The summed E-state index contributed by atoms with van der Waals surface area (Å²) >= 11 is 0. The summed E-state index contributed by atoms with van der Waals surface area (Å²) in [7, 11) is 0. The second-order valence-electron chi connectivity index (χ2n) is 2.95. The number of benzene rings is 1. The number of carbonyl (C=O) groups excluding carboxylic acids is 1. The first kappa shape index (κ1) is 9.47. The molecule has 13 heavy (non-hydrogen) atoms. The average Bonchev–Trinajstić information content (AvgIpc) is 2.14. The second-order valence-corrected chi connectivity index (χ2v) is 2.95. The van der Waals surface area contributed by atoms with Crippen molar-refractivity contribution in [2.45, 2.75) is 19.8 Å². The molecule has 0 radical (unpaired) electrons. The van der Waals surface area contributed by atoms with Crippen LogP contribution < -0.4 is 0 Å². The molecule has 0 spiro atoms. The summed E-state index contributed by atoms with van der Waals surface area (Å²) in [6, 6.07) is 9.40. The van der Waals surface area contributed by atoms with Gasteiger partial charge in [0.05, 0.1) is 6.07 Å².